The van der Waals surface area contributed by atoms with E-state index in [9.17, 15) is 0 Å². The third-order valence-electron chi connectivity index (χ3n) is 2.84. The van der Waals surface area contributed by atoms with Crippen molar-refractivity contribution in [2.75, 3.05) is 37.9 Å². The van der Waals surface area contributed by atoms with E-state index in [0.717, 1.165) is 25.2 Å². The molecule has 0 radical (unpaired) electrons. The van der Waals surface area contributed by atoms with Crippen LogP contribution >= 0.6 is 0 Å². The molecule has 0 spiro atoms. The predicted octanol–water partition coefficient (Wildman–Crippen LogP) is 2.59. The van der Waals surface area contributed by atoms with Crippen LogP contribution in [0.2, 0.25) is 0 Å². The topological polar surface area (TPSA) is 82.3 Å². The first kappa shape index (κ1) is 17.5. The molecule has 3 N–H and O–H groups in total. The van der Waals surface area contributed by atoms with Gasteiger partial charge in [0.25, 0.3) is 0 Å². The maximum Gasteiger partial charge on any atom is 0.242 e. The van der Waals surface area contributed by atoms with Gasteiger partial charge in [-0.05, 0) is 12.8 Å². The number of anilines is 2. The average molecular weight is 296 g/mol. The van der Waals surface area contributed by atoms with Crippen LogP contribution in [0.5, 0.6) is 5.88 Å². The van der Waals surface area contributed by atoms with Crippen molar-refractivity contribution in [3.05, 3.63) is 5.82 Å². The first-order chi connectivity index (χ1) is 9.90. The number of hydrogen-bond acceptors (Lipinski definition) is 6. The molecular formula is C15H28N4O2. The van der Waals surface area contributed by atoms with Gasteiger partial charge in [0.05, 0.1) is 6.61 Å². The van der Waals surface area contributed by atoms with Gasteiger partial charge in [0.1, 0.15) is 11.5 Å². The lowest BCUT2D eigenvalue weighted by molar-refractivity contribution is 0.197. The molecule has 0 aliphatic heterocycles. The number of methoxy groups -OCH3 is 1. The van der Waals surface area contributed by atoms with E-state index in [0.29, 0.717) is 30.6 Å². The van der Waals surface area contributed by atoms with E-state index < -0.39 is 0 Å². The first-order valence-electron chi connectivity index (χ1n) is 7.43. The van der Waals surface area contributed by atoms with E-state index in [1.54, 1.807) is 7.11 Å². The van der Waals surface area contributed by atoms with E-state index in [-0.39, 0.29) is 5.41 Å². The molecule has 0 aliphatic carbocycles. The fourth-order valence-corrected chi connectivity index (χ4v) is 1.65. The van der Waals surface area contributed by atoms with Crippen molar-refractivity contribution in [2.24, 2.45) is 0 Å². The second-order valence-corrected chi connectivity index (χ2v) is 5.99. The Bertz CT molecular complexity index is 444. The number of aromatic nitrogens is 2. The molecule has 0 atom stereocenters. The molecule has 1 rings (SSSR count). The smallest absolute Gasteiger partial charge is 0.242 e. The zero-order valence-corrected chi connectivity index (χ0v) is 13.8. The molecule has 0 unspecified atom stereocenters. The van der Waals surface area contributed by atoms with Crippen molar-refractivity contribution in [1.29, 1.82) is 0 Å². The van der Waals surface area contributed by atoms with E-state index in [4.69, 9.17) is 15.2 Å². The largest absolute Gasteiger partial charge is 0.476 e. The lowest BCUT2D eigenvalue weighted by Gasteiger charge is -2.20. The molecule has 1 aromatic rings. The van der Waals surface area contributed by atoms with Crippen molar-refractivity contribution in [1.82, 2.24) is 9.97 Å². The Kier molecular flexibility index (Phi) is 6.68. The first-order valence-corrected chi connectivity index (χ1v) is 7.43. The summed E-state index contributed by atoms with van der Waals surface area (Å²) in [5.41, 5.74) is 6.41. The molecule has 0 aliphatic rings. The normalized spacial score (nSPS) is 11.5. The van der Waals surface area contributed by atoms with Crippen LogP contribution in [-0.4, -0.2) is 36.8 Å². The lowest BCUT2D eigenvalue weighted by atomic mass is 9.96. The van der Waals surface area contributed by atoms with Crippen LogP contribution in [-0.2, 0) is 10.2 Å². The van der Waals surface area contributed by atoms with Gasteiger partial charge in [-0.2, -0.15) is 4.98 Å². The third-order valence-corrected chi connectivity index (χ3v) is 2.84. The number of nitrogens with two attached hydrogens (primary N) is 1. The molecule has 0 saturated carbocycles. The molecule has 0 bridgehead atoms. The highest BCUT2D eigenvalue weighted by atomic mass is 16.5. The van der Waals surface area contributed by atoms with E-state index >= 15 is 0 Å². The highest BCUT2D eigenvalue weighted by molar-refractivity contribution is 5.67. The van der Waals surface area contributed by atoms with Crippen molar-refractivity contribution >= 4 is 11.5 Å². The molecule has 0 fully saturated rings. The van der Waals surface area contributed by atoms with Crippen LogP contribution in [0.4, 0.5) is 11.5 Å². The Morgan fingerprint density at radius 1 is 1.19 bits per heavy atom. The number of hydrogen-bond donors (Lipinski definition) is 2. The van der Waals surface area contributed by atoms with E-state index in [2.05, 4.69) is 36.1 Å². The molecule has 21 heavy (non-hydrogen) atoms. The van der Waals surface area contributed by atoms with Gasteiger partial charge in [-0.3, -0.25) is 0 Å². The molecule has 120 valence electrons. The highest BCUT2D eigenvalue weighted by Gasteiger charge is 2.22. The van der Waals surface area contributed by atoms with Gasteiger partial charge < -0.3 is 20.5 Å². The van der Waals surface area contributed by atoms with Crippen molar-refractivity contribution in [3.8, 4) is 5.88 Å². The van der Waals surface area contributed by atoms with Crippen LogP contribution in [0, 0.1) is 0 Å². The van der Waals surface area contributed by atoms with Crippen LogP contribution in [0.25, 0.3) is 0 Å². The minimum Gasteiger partial charge on any atom is -0.476 e. The molecule has 1 aromatic heterocycles. The summed E-state index contributed by atoms with van der Waals surface area (Å²) < 4.78 is 10.7. The SMILES string of the molecule is CCCOc1nc(C(C)(C)C)nc(NCCCOC)c1N. The standard InChI is InChI=1S/C15H28N4O2/c1-6-9-21-13-11(16)12(17-8-7-10-20-5)18-14(19-13)15(2,3)4/h6-10,16H2,1-5H3,(H,17,18,19). The van der Waals surface area contributed by atoms with Gasteiger partial charge in [0.2, 0.25) is 5.88 Å². The summed E-state index contributed by atoms with van der Waals surface area (Å²) in [5, 5.41) is 3.24. The Balaban J connectivity index is 2.97. The maximum absolute atomic E-state index is 6.11. The summed E-state index contributed by atoms with van der Waals surface area (Å²) in [6, 6.07) is 0. The van der Waals surface area contributed by atoms with Crippen LogP contribution in [0.3, 0.4) is 0 Å². The number of rotatable bonds is 8. The van der Waals surface area contributed by atoms with Crippen LogP contribution < -0.4 is 15.8 Å². The third kappa shape index (κ3) is 5.38. The number of nitrogens with one attached hydrogen (secondary N) is 1. The lowest BCUT2D eigenvalue weighted by Crippen LogP contribution is -2.20. The van der Waals surface area contributed by atoms with Crippen molar-refractivity contribution in [3.63, 3.8) is 0 Å². The van der Waals surface area contributed by atoms with Crippen molar-refractivity contribution in [2.45, 2.75) is 46.0 Å². The Morgan fingerprint density at radius 3 is 2.48 bits per heavy atom. The molecular weight excluding hydrogens is 268 g/mol. The molecule has 0 aromatic carbocycles. The molecule has 0 amide bonds. The van der Waals surface area contributed by atoms with Gasteiger partial charge in [-0.1, -0.05) is 27.7 Å². The number of nitrogens with zero attached hydrogens (tertiary/aromatic N) is 2. The van der Waals surface area contributed by atoms with Crippen LogP contribution in [0.1, 0.15) is 46.4 Å². The monoisotopic (exact) mass is 296 g/mol. The van der Waals surface area contributed by atoms with Gasteiger partial charge >= 0.3 is 0 Å². The Morgan fingerprint density at radius 2 is 1.90 bits per heavy atom. The van der Waals surface area contributed by atoms with Gasteiger partial charge in [-0.25, -0.2) is 4.98 Å². The average Bonchev–Trinajstić information content (AvgIpc) is 2.42. The Labute approximate surface area is 127 Å². The highest BCUT2D eigenvalue weighted by Crippen LogP contribution is 2.30. The molecule has 0 saturated heterocycles. The Hall–Kier alpha value is -1.56. The quantitative estimate of drug-likeness (QED) is 0.718. The maximum atomic E-state index is 6.11. The fourth-order valence-electron chi connectivity index (χ4n) is 1.65. The minimum atomic E-state index is -0.166. The number of ether oxygens (including phenoxy) is 2. The summed E-state index contributed by atoms with van der Waals surface area (Å²) in [4.78, 5) is 9.00. The summed E-state index contributed by atoms with van der Waals surface area (Å²) in [6.07, 6.45) is 1.79. The summed E-state index contributed by atoms with van der Waals surface area (Å²) in [7, 11) is 1.69. The number of nitrogen functional groups attached to an aromatic ring is 1. The van der Waals surface area contributed by atoms with Gasteiger partial charge in [0.15, 0.2) is 5.82 Å². The second-order valence-electron chi connectivity index (χ2n) is 5.99. The second kappa shape index (κ2) is 8.02. The zero-order valence-electron chi connectivity index (χ0n) is 13.8. The zero-order chi connectivity index (χ0) is 15.9. The van der Waals surface area contributed by atoms with Gasteiger partial charge in [0, 0.05) is 25.7 Å². The molecule has 1 heterocycles. The predicted molar refractivity (Wildman–Crippen MR) is 85.9 cm³/mol. The van der Waals surface area contributed by atoms with Crippen LogP contribution in [0.15, 0.2) is 0 Å². The van der Waals surface area contributed by atoms with Gasteiger partial charge in [-0.15, -0.1) is 0 Å². The molecule has 6 nitrogen and oxygen atoms in total. The van der Waals surface area contributed by atoms with E-state index in [1.165, 1.54) is 0 Å². The summed E-state index contributed by atoms with van der Waals surface area (Å²) in [6.45, 7) is 10.3. The summed E-state index contributed by atoms with van der Waals surface area (Å²) >= 11 is 0. The molecule has 6 heteroatoms. The van der Waals surface area contributed by atoms with E-state index in [1.807, 2.05) is 6.92 Å². The minimum absolute atomic E-state index is 0.166. The fraction of sp³-hybridized carbons (Fsp3) is 0.733. The van der Waals surface area contributed by atoms with Crippen molar-refractivity contribution < 1.29 is 9.47 Å². The summed E-state index contributed by atoms with van der Waals surface area (Å²) in [5.74, 6) is 1.82.